The molecule has 0 fully saturated rings. The summed E-state index contributed by atoms with van der Waals surface area (Å²) in [5, 5.41) is 0. The molecule has 6 heteroatoms. The van der Waals surface area contributed by atoms with Crippen LogP contribution in [0.4, 0.5) is 0 Å². The number of ether oxygens (including phenoxy) is 4. The van der Waals surface area contributed by atoms with Gasteiger partial charge in [0.05, 0.1) is 0 Å². The highest BCUT2D eigenvalue weighted by atomic mass is 28.3. The molecule has 0 aromatic carbocycles. The van der Waals surface area contributed by atoms with Crippen LogP contribution in [0.3, 0.4) is 0 Å². The van der Waals surface area contributed by atoms with Crippen LogP contribution in [0.15, 0.2) is 0 Å². The molecule has 0 spiro atoms. The Morgan fingerprint density at radius 3 is 1.11 bits per heavy atom. The number of hydrogen-bond donors (Lipinski definition) is 0. The lowest BCUT2D eigenvalue weighted by atomic mass is 10.5. The molecule has 0 aromatic heterocycles. The van der Waals surface area contributed by atoms with E-state index in [4.69, 9.17) is 18.9 Å². The second-order valence-corrected chi connectivity index (χ2v) is 15.5. The van der Waals surface area contributed by atoms with Gasteiger partial charge in [0.2, 0.25) is 0 Å². The highest BCUT2D eigenvalue weighted by Gasteiger charge is 2.30. The van der Waals surface area contributed by atoms with Gasteiger partial charge in [-0.15, -0.1) is 0 Å². The van der Waals surface area contributed by atoms with Gasteiger partial charge in [-0.2, -0.15) is 0 Å². The highest BCUT2D eigenvalue weighted by Crippen LogP contribution is 2.25. The van der Waals surface area contributed by atoms with E-state index < -0.39 is 17.6 Å². The summed E-state index contributed by atoms with van der Waals surface area (Å²) in [6, 6.07) is 2.69. The smallest absolute Gasteiger partial charge is 0.138 e. The van der Waals surface area contributed by atoms with Crippen LogP contribution >= 0.6 is 0 Å². The molecule has 0 unspecified atom stereocenters. The summed E-state index contributed by atoms with van der Waals surface area (Å²) in [4.78, 5) is 0. The summed E-state index contributed by atoms with van der Waals surface area (Å²) in [5.41, 5.74) is 1.47. The van der Waals surface area contributed by atoms with Gasteiger partial charge in [0.1, 0.15) is 29.4 Å². The first kappa shape index (κ1) is 30.5. The summed E-state index contributed by atoms with van der Waals surface area (Å²) < 4.78 is 22.8. The highest BCUT2D eigenvalue weighted by molar-refractivity contribution is 6.62. The molecule has 172 valence electrons. The molecule has 0 amide bonds. The predicted octanol–water partition coefficient (Wildman–Crippen LogP) is 5.94. The van der Waals surface area contributed by atoms with Crippen molar-refractivity contribution in [2.24, 2.45) is 0 Å². The Morgan fingerprint density at radius 2 is 0.857 bits per heavy atom. The van der Waals surface area contributed by atoms with Crippen molar-refractivity contribution in [3.8, 4) is 0 Å². The molecule has 0 rings (SSSR count). The van der Waals surface area contributed by atoms with Crippen molar-refractivity contribution in [1.29, 1.82) is 0 Å². The van der Waals surface area contributed by atoms with Crippen molar-refractivity contribution in [1.82, 2.24) is 0 Å². The quantitative estimate of drug-likeness (QED) is 0.221. The molecule has 0 aliphatic carbocycles. The maximum atomic E-state index is 5.71. The van der Waals surface area contributed by atoms with Crippen molar-refractivity contribution in [3.63, 3.8) is 0 Å². The average Bonchev–Trinajstić information content (AvgIpc) is 2.62. The lowest BCUT2D eigenvalue weighted by Gasteiger charge is -2.31. The largest absolute Gasteiger partial charge is 0.357 e. The fourth-order valence-electron chi connectivity index (χ4n) is 3.80. The summed E-state index contributed by atoms with van der Waals surface area (Å²) in [6.07, 6.45) is 2.54. The zero-order valence-electron chi connectivity index (χ0n) is 20.8. The molecule has 28 heavy (non-hydrogen) atoms. The summed E-state index contributed by atoms with van der Waals surface area (Å²) in [7, 11) is -1.80. The second-order valence-electron chi connectivity index (χ2n) is 7.96. The van der Waals surface area contributed by atoms with E-state index in [1.54, 1.807) is 0 Å². The van der Waals surface area contributed by atoms with Crippen LogP contribution in [0, 0.1) is 0 Å². The lowest BCUT2D eigenvalue weighted by Crippen LogP contribution is -2.40. The van der Waals surface area contributed by atoms with Crippen molar-refractivity contribution in [3.05, 3.63) is 0 Å². The van der Waals surface area contributed by atoms with Crippen LogP contribution in [0.25, 0.3) is 0 Å². The number of rotatable bonds is 16. The van der Waals surface area contributed by atoms with E-state index in [0.29, 0.717) is 0 Å². The van der Waals surface area contributed by atoms with E-state index in [-0.39, 0.29) is 11.8 Å². The van der Waals surface area contributed by atoms with Crippen LogP contribution in [0.5, 0.6) is 0 Å². The zero-order chi connectivity index (χ0) is 21.9. The molecule has 0 N–H and O–H groups in total. The summed E-state index contributed by atoms with van der Waals surface area (Å²) in [6.45, 7) is 24.9. The third-order valence-electron chi connectivity index (χ3n) is 4.88. The standard InChI is InChI=1S/2C11H26O2Si/c1-7-12-11(13-8-2)14(9(3)4)10(5)6;1-5-9-14(10-6-2)11(12-7-3)13-8-4/h9-11,14H,7-8H2,1-6H3;11,14H,5-10H2,1-4H3. The minimum absolute atomic E-state index is 0.102. The molecule has 4 nitrogen and oxygen atoms in total. The first-order valence-electron chi connectivity index (χ1n) is 11.8. The molecule has 0 aliphatic rings. The van der Waals surface area contributed by atoms with Crippen molar-refractivity contribution >= 4 is 17.6 Å². The number of hydrogen-bond acceptors (Lipinski definition) is 4. The van der Waals surface area contributed by atoms with Gasteiger partial charge < -0.3 is 18.9 Å². The molecule has 0 atom stereocenters. The van der Waals surface area contributed by atoms with Crippen LogP contribution in [0.2, 0.25) is 23.2 Å². The molecule has 0 bridgehead atoms. The van der Waals surface area contributed by atoms with Gasteiger partial charge in [0.25, 0.3) is 0 Å². The predicted molar refractivity (Wildman–Crippen MR) is 129 cm³/mol. The van der Waals surface area contributed by atoms with Gasteiger partial charge in [-0.25, -0.2) is 0 Å². The minimum atomic E-state index is -0.975. The third kappa shape index (κ3) is 14.3. The lowest BCUT2D eigenvalue weighted by molar-refractivity contribution is -0.0869. The van der Waals surface area contributed by atoms with Crippen molar-refractivity contribution in [2.75, 3.05) is 26.4 Å². The van der Waals surface area contributed by atoms with Crippen LogP contribution < -0.4 is 0 Å². The molecule has 0 heterocycles. The van der Waals surface area contributed by atoms with Crippen LogP contribution in [0.1, 0.15) is 82.1 Å². The summed E-state index contributed by atoms with van der Waals surface area (Å²) >= 11 is 0. The minimum Gasteiger partial charge on any atom is -0.357 e. The average molecular weight is 437 g/mol. The maximum Gasteiger partial charge on any atom is 0.138 e. The normalized spacial score (nSPS) is 12.0. The van der Waals surface area contributed by atoms with E-state index in [9.17, 15) is 0 Å². The van der Waals surface area contributed by atoms with Gasteiger partial charge in [0, 0.05) is 26.4 Å². The van der Waals surface area contributed by atoms with Crippen LogP contribution in [-0.2, 0) is 18.9 Å². The van der Waals surface area contributed by atoms with Crippen LogP contribution in [-0.4, -0.2) is 55.8 Å². The molecule has 0 aromatic rings. The molecule has 0 saturated carbocycles. The molecular weight excluding hydrogens is 384 g/mol. The maximum absolute atomic E-state index is 5.71. The zero-order valence-corrected chi connectivity index (χ0v) is 23.1. The Hall–Kier alpha value is 0.274. The van der Waals surface area contributed by atoms with Crippen molar-refractivity contribution in [2.45, 2.75) is 117 Å². The first-order chi connectivity index (χ1) is 13.3. The fraction of sp³-hybridized carbons (Fsp3) is 1.00. The van der Waals surface area contributed by atoms with Gasteiger partial charge >= 0.3 is 0 Å². The second kappa shape index (κ2) is 20.5. The first-order valence-corrected chi connectivity index (χ1v) is 16.1. The molecular formula is C22H52O4Si2. The molecule has 0 radical (unpaired) electrons. The van der Waals surface area contributed by atoms with E-state index >= 15 is 0 Å². The Kier molecular flexibility index (Phi) is 22.4. The molecule has 0 saturated heterocycles. The third-order valence-corrected chi connectivity index (χ3v) is 12.8. The Bertz CT molecular complexity index is 277. The van der Waals surface area contributed by atoms with E-state index in [1.165, 1.54) is 24.9 Å². The van der Waals surface area contributed by atoms with E-state index in [1.807, 2.05) is 13.8 Å². The van der Waals surface area contributed by atoms with Gasteiger partial charge in [0.15, 0.2) is 0 Å². The Balaban J connectivity index is 0. The van der Waals surface area contributed by atoms with E-state index in [0.717, 1.165) is 37.5 Å². The fourth-order valence-corrected chi connectivity index (χ4v) is 10.7. The Labute approximate surface area is 180 Å². The van der Waals surface area contributed by atoms with Gasteiger partial charge in [-0.1, -0.05) is 66.5 Å². The topological polar surface area (TPSA) is 36.9 Å². The van der Waals surface area contributed by atoms with Gasteiger partial charge in [-0.3, -0.25) is 0 Å². The van der Waals surface area contributed by atoms with Gasteiger partial charge in [-0.05, 0) is 38.8 Å². The van der Waals surface area contributed by atoms with Crippen molar-refractivity contribution < 1.29 is 18.9 Å². The summed E-state index contributed by atoms with van der Waals surface area (Å²) in [5.74, 6) is 0.259. The van der Waals surface area contributed by atoms with E-state index in [2.05, 4.69) is 55.4 Å². The monoisotopic (exact) mass is 436 g/mol. The SMILES string of the molecule is CCC[SiH](CCC)C(OCC)OCC.CCOC(OCC)[SiH](C(C)C)C(C)C. The molecule has 0 aliphatic heterocycles. The Morgan fingerprint density at radius 1 is 0.536 bits per heavy atom.